The molecule has 0 saturated heterocycles. The van der Waals surface area contributed by atoms with Crippen LogP contribution in [-0.4, -0.2) is 4.92 Å². The third kappa shape index (κ3) is 3.28. The quantitative estimate of drug-likeness (QED) is 0.360. The van der Waals surface area contributed by atoms with E-state index in [-0.39, 0.29) is 22.2 Å². The lowest BCUT2D eigenvalue weighted by Crippen LogP contribution is -1.94. The second-order valence-corrected chi connectivity index (χ2v) is 5.85. The van der Waals surface area contributed by atoms with E-state index in [0.717, 1.165) is 6.07 Å². The number of hydrogen-bond donors (Lipinski definition) is 0. The molecular formula is C12H5Br2ClFNO3. The van der Waals surface area contributed by atoms with E-state index in [0.29, 0.717) is 8.95 Å². The van der Waals surface area contributed by atoms with Gasteiger partial charge in [0, 0.05) is 16.6 Å². The summed E-state index contributed by atoms with van der Waals surface area (Å²) in [5.41, 5.74) is -0.235. The number of halogens is 4. The Kier molecular flexibility index (Phi) is 4.62. The van der Waals surface area contributed by atoms with Crippen LogP contribution in [0.2, 0.25) is 5.02 Å². The zero-order valence-corrected chi connectivity index (χ0v) is 13.5. The van der Waals surface area contributed by atoms with Crippen molar-refractivity contribution in [1.29, 1.82) is 0 Å². The van der Waals surface area contributed by atoms with E-state index >= 15 is 0 Å². The number of nitrogens with zero attached hydrogens (tertiary/aromatic N) is 1. The summed E-state index contributed by atoms with van der Waals surface area (Å²) in [7, 11) is 0. The van der Waals surface area contributed by atoms with Crippen molar-refractivity contribution >= 4 is 49.1 Å². The standard InChI is InChI=1S/C12H5Br2ClFNO3/c13-6-1-2-11(10(3-6)17(18)19)20-12-5-9(16)8(15)4-7(12)14/h1-5H. The monoisotopic (exact) mass is 423 g/mol. The van der Waals surface area contributed by atoms with Crippen molar-refractivity contribution in [1.82, 2.24) is 0 Å². The second-order valence-electron chi connectivity index (χ2n) is 3.67. The van der Waals surface area contributed by atoms with Gasteiger partial charge in [0.05, 0.1) is 14.4 Å². The highest BCUT2D eigenvalue weighted by molar-refractivity contribution is 9.10. The summed E-state index contributed by atoms with van der Waals surface area (Å²) in [6.07, 6.45) is 0. The Bertz CT molecular complexity index is 697. The first kappa shape index (κ1) is 15.2. The van der Waals surface area contributed by atoms with Gasteiger partial charge in [-0.25, -0.2) is 4.39 Å². The minimum atomic E-state index is -0.676. The van der Waals surface area contributed by atoms with Crippen LogP contribution in [0.25, 0.3) is 0 Å². The Morgan fingerprint density at radius 2 is 1.90 bits per heavy atom. The predicted octanol–water partition coefficient (Wildman–Crippen LogP) is 5.70. The summed E-state index contributed by atoms with van der Waals surface area (Å²) >= 11 is 11.9. The van der Waals surface area contributed by atoms with E-state index < -0.39 is 10.7 Å². The zero-order chi connectivity index (χ0) is 14.9. The fourth-order valence-electron chi connectivity index (χ4n) is 1.42. The summed E-state index contributed by atoms with van der Waals surface area (Å²) < 4.78 is 19.7. The third-order valence-corrected chi connectivity index (χ3v) is 3.72. The van der Waals surface area contributed by atoms with E-state index in [1.54, 1.807) is 6.07 Å². The molecule has 0 aliphatic heterocycles. The molecule has 0 N–H and O–H groups in total. The number of nitro benzene ring substituents is 1. The topological polar surface area (TPSA) is 52.4 Å². The van der Waals surface area contributed by atoms with Gasteiger partial charge in [0.15, 0.2) is 0 Å². The molecule has 0 aromatic heterocycles. The lowest BCUT2D eigenvalue weighted by atomic mass is 10.3. The number of nitro groups is 1. The second kappa shape index (κ2) is 6.07. The van der Waals surface area contributed by atoms with Gasteiger partial charge < -0.3 is 4.74 Å². The fraction of sp³-hybridized carbons (Fsp3) is 0. The van der Waals surface area contributed by atoms with Crippen LogP contribution in [0.5, 0.6) is 11.5 Å². The van der Waals surface area contributed by atoms with Gasteiger partial charge in [-0.3, -0.25) is 10.1 Å². The summed E-state index contributed by atoms with van der Waals surface area (Å²) in [5, 5.41) is 10.9. The lowest BCUT2D eigenvalue weighted by Gasteiger charge is -2.09. The van der Waals surface area contributed by atoms with Gasteiger partial charge in [0.1, 0.15) is 11.6 Å². The maximum atomic E-state index is 13.4. The molecule has 2 aromatic carbocycles. The van der Waals surface area contributed by atoms with Gasteiger partial charge in [-0.1, -0.05) is 27.5 Å². The first-order valence-electron chi connectivity index (χ1n) is 5.15. The van der Waals surface area contributed by atoms with E-state index in [2.05, 4.69) is 31.9 Å². The number of benzene rings is 2. The van der Waals surface area contributed by atoms with Crippen LogP contribution in [0.3, 0.4) is 0 Å². The van der Waals surface area contributed by atoms with Gasteiger partial charge in [-0.05, 0) is 34.1 Å². The van der Waals surface area contributed by atoms with Crippen LogP contribution in [0.15, 0.2) is 39.3 Å². The molecule has 0 aliphatic carbocycles. The smallest absolute Gasteiger partial charge is 0.312 e. The van der Waals surface area contributed by atoms with Gasteiger partial charge in [0.2, 0.25) is 5.75 Å². The molecule has 0 atom stereocenters. The summed E-state index contributed by atoms with van der Waals surface area (Å²) in [4.78, 5) is 10.4. The van der Waals surface area contributed by atoms with E-state index in [1.165, 1.54) is 18.2 Å². The Hall–Kier alpha value is -1.18. The molecule has 0 unspecified atom stereocenters. The Morgan fingerprint density at radius 3 is 2.55 bits per heavy atom. The molecular weight excluding hydrogens is 420 g/mol. The molecule has 20 heavy (non-hydrogen) atoms. The highest BCUT2D eigenvalue weighted by Crippen LogP contribution is 2.38. The van der Waals surface area contributed by atoms with E-state index in [9.17, 15) is 14.5 Å². The van der Waals surface area contributed by atoms with Crippen molar-refractivity contribution in [2.45, 2.75) is 0 Å². The van der Waals surface area contributed by atoms with Crippen LogP contribution in [0.1, 0.15) is 0 Å². The van der Waals surface area contributed by atoms with Gasteiger partial charge in [-0.15, -0.1) is 0 Å². The van der Waals surface area contributed by atoms with Crippen molar-refractivity contribution < 1.29 is 14.1 Å². The van der Waals surface area contributed by atoms with Crippen LogP contribution >= 0.6 is 43.5 Å². The number of rotatable bonds is 3. The normalized spacial score (nSPS) is 10.4. The highest BCUT2D eigenvalue weighted by Gasteiger charge is 2.18. The third-order valence-electron chi connectivity index (χ3n) is 2.31. The Labute approximate surface area is 134 Å². The fourth-order valence-corrected chi connectivity index (χ4v) is 2.49. The minimum Gasteiger partial charge on any atom is -0.449 e. The number of hydrogen-bond acceptors (Lipinski definition) is 3. The largest absolute Gasteiger partial charge is 0.449 e. The van der Waals surface area contributed by atoms with Crippen LogP contribution in [0, 0.1) is 15.9 Å². The molecule has 0 fully saturated rings. The van der Waals surface area contributed by atoms with Gasteiger partial charge in [-0.2, -0.15) is 0 Å². The first-order chi connectivity index (χ1) is 9.38. The van der Waals surface area contributed by atoms with Crippen molar-refractivity contribution in [3.05, 3.63) is 60.2 Å². The van der Waals surface area contributed by atoms with Gasteiger partial charge >= 0.3 is 5.69 Å². The van der Waals surface area contributed by atoms with Crippen LogP contribution < -0.4 is 4.74 Å². The maximum Gasteiger partial charge on any atom is 0.312 e. The van der Waals surface area contributed by atoms with Gasteiger partial charge in [0.25, 0.3) is 0 Å². The summed E-state index contributed by atoms with van der Waals surface area (Å²) in [6, 6.07) is 6.67. The minimum absolute atomic E-state index is 0.000576. The van der Waals surface area contributed by atoms with Crippen molar-refractivity contribution in [3.63, 3.8) is 0 Å². The molecule has 0 saturated carbocycles. The number of ether oxygens (including phenoxy) is 1. The predicted molar refractivity (Wildman–Crippen MR) is 80.0 cm³/mol. The van der Waals surface area contributed by atoms with Crippen molar-refractivity contribution in [3.8, 4) is 11.5 Å². The Morgan fingerprint density at radius 1 is 1.20 bits per heavy atom. The molecule has 4 nitrogen and oxygen atoms in total. The average Bonchev–Trinajstić information content (AvgIpc) is 2.37. The highest BCUT2D eigenvalue weighted by atomic mass is 79.9. The summed E-state index contributed by atoms with van der Waals surface area (Å²) in [6.45, 7) is 0. The zero-order valence-electron chi connectivity index (χ0n) is 9.57. The molecule has 0 radical (unpaired) electrons. The Balaban J connectivity index is 2.45. The molecule has 0 bridgehead atoms. The molecule has 2 aromatic rings. The summed E-state index contributed by atoms with van der Waals surface area (Å²) in [5.74, 6) is -0.581. The molecule has 8 heteroatoms. The molecule has 0 heterocycles. The van der Waals surface area contributed by atoms with Crippen LogP contribution in [-0.2, 0) is 0 Å². The van der Waals surface area contributed by atoms with Crippen LogP contribution in [0.4, 0.5) is 10.1 Å². The molecule has 0 amide bonds. The van der Waals surface area contributed by atoms with Crippen molar-refractivity contribution in [2.24, 2.45) is 0 Å². The van der Waals surface area contributed by atoms with E-state index in [1.807, 2.05) is 0 Å². The van der Waals surface area contributed by atoms with E-state index in [4.69, 9.17) is 16.3 Å². The van der Waals surface area contributed by atoms with Crippen molar-refractivity contribution in [2.75, 3.05) is 0 Å². The SMILES string of the molecule is O=[N+]([O-])c1cc(Br)ccc1Oc1cc(F)c(Cl)cc1Br. The first-order valence-corrected chi connectivity index (χ1v) is 7.11. The molecule has 2 rings (SSSR count). The maximum absolute atomic E-state index is 13.4. The average molecular weight is 425 g/mol. The molecule has 0 spiro atoms. The molecule has 0 aliphatic rings. The lowest BCUT2D eigenvalue weighted by molar-refractivity contribution is -0.385. The molecule has 104 valence electrons.